The highest BCUT2D eigenvalue weighted by atomic mass is 19.1. The number of aromatic nitrogens is 4. The standard InChI is InChI=1S/C26H20F2N6/c27-19-10-8-17(9-11-19)23-22-24(29)34(21-7-3-6-20(28)14-21)32-25(22)31-26(30-23)33-13-12-16-4-1-2-5-18(16)15-33/h1-11,14H,12-13,15,29H2. The third kappa shape index (κ3) is 3.44. The smallest absolute Gasteiger partial charge is 0.228 e. The molecule has 2 aromatic heterocycles. The highest BCUT2D eigenvalue weighted by Gasteiger charge is 2.24. The van der Waals surface area contributed by atoms with E-state index in [-0.39, 0.29) is 11.6 Å². The summed E-state index contributed by atoms with van der Waals surface area (Å²) in [6, 6.07) is 20.4. The van der Waals surface area contributed by atoms with E-state index in [1.165, 1.54) is 40.1 Å². The number of halogens is 2. The number of hydrogen-bond acceptors (Lipinski definition) is 5. The van der Waals surface area contributed by atoms with Crippen molar-refractivity contribution in [2.75, 3.05) is 17.2 Å². The highest BCUT2D eigenvalue weighted by molar-refractivity contribution is 5.99. The molecule has 0 fully saturated rings. The van der Waals surface area contributed by atoms with Gasteiger partial charge in [-0.05, 0) is 60.0 Å². The highest BCUT2D eigenvalue weighted by Crippen LogP contribution is 2.34. The van der Waals surface area contributed by atoms with Gasteiger partial charge in [-0.2, -0.15) is 4.98 Å². The van der Waals surface area contributed by atoms with Gasteiger partial charge in [0.15, 0.2) is 5.65 Å². The number of anilines is 2. The molecule has 0 radical (unpaired) electrons. The molecule has 34 heavy (non-hydrogen) atoms. The monoisotopic (exact) mass is 454 g/mol. The summed E-state index contributed by atoms with van der Waals surface area (Å²) in [5.41, 5.74) is 11.2. The van der Waals surface area contributed by atoms with Crippen LogP contribution < -0.4 is 10.6 Å². The number of nitrogen functional groups attached to an aromatic ring is 1. The Kier molecular flexibility index (Phi) is 4.72. The predicted molar refractivity (Wildman–Crippen MR) is 128 cm³/mol. The lowest BCUT2D eigenvalue weighted by atomic mass is 10.0. The molecule has 0 amide bonds. The molecule has 3 heterocycles. The van der Waals surface area contributed by atoms with Crippen LogP contribution in [0.3, 0.4) is 0 Å². The van der Waals surface area contributed by atoms with E-state index in [9.17, 15) is 8.78 Å². The average molecular weight is 454 g/mol. The van der Waals surface area contributed by atoms with Crippen molar-refractivity contribution in [2.24, 2.45) is 0 Å². The van der Waals surface area contributed by atoms with Gasteiger partial charge in [-0.3, -0.25) is 0 Å². The summed E-state index contributed by atoms with van der Waals surface area (Å²) in [6.45, 7) is 1.43. The Hall–Kier alpha value is -4.33. The van der Waals surface area contributed by atoms with Crippen molar-refractivity contribution in [1.29, 1.82) is 0 Å². The van der Waals surface area contributed by atoms with E-state index in [4.69, 9.17) is 15.7 Å². The van der Waals surface area contributed by atoms with Gasteiger partial charge in [0.25, 0.3) is 0 Å². The topological polar surface area (TPSA) is 72.9 Å². The molecule has 6 rings (SSSR count). The largest absolute Gasteiger partial charge is 0.383 e. The van der Waals surface area contributed by atoms with Crippen LogP contribution in [0.4, 0.5) is 20.5 Å². The normalized spacial score (nSPS) is 13.3. The van der Waals surface area contributed by atoms with E-state index >= 15 is 0 Å². The van der Waals surface area contributed by atoms with Crippen molar-refractivity contribution in [3.63, 3.8) is 0 Å². The first-order chi connectivity index (χ1) is 16.6. The van der Waals surface area contributed by atoms with Gasteiger partial charge in [0, 0.05) is 18.7 Å². The Labute approximate surface area is 194 Å². The number of nitrogens with zero attached hydrogens (tertiary/aromatic N) is 5. The van der Waals surface area contributed by atoms with Gasteiger partial charge < -0.3 is 10.6 Å². The minimum atomic E-state index is -0.394. The van der Waals surface area contributed by atoms with E-state index in [2.05, 4.69) is 22.1 Å². The molecule has 0 atom stereocenters. The molecular formula is C26H20F2N6. The molecule has 0 bridgehead atoms. The van der Waals surface area contributed by atoms with Gasteiger partial charge in [0.2, 0.25) is 5.95 Å². The summed E-state index contributed by atoms with van der Waals surface area (Å²) in [5.74, 6) is 0.0694. The third-order valence-electron chi connectivity index (χ3n) is 6.14. The van der Waals surface area contributed by atoms with Gasteiger partial charge in [0.1, 0.15) is 17.5 Å². The first-order valence-corrected chi connectivity index (χ1v) is 11.0. The molecule has 6 nitrogen and oxygen atoms in total. The van der Waals surface area contributed by atoms with Crippen molar-refractivity contribution >= 4 is 22.8 Å². The molecule has 0 spiro atoms. The number of nitrogens with two attached hydrogens (primary N) is 1. The third-order valence-corrected chi connectivity index (χ3v) is 6.14. The lowest BCUT2D eigenvalue weighted by molar-refractivity contribution is 0.625. The van der Waals surface area contributed by atoms with Crippen molar-refractivity contribution in [3.05, 3.63) is 95.6 Å². The van der Waals surface area contributed by atoms with E-state index < -0.39 is 5.82 Å². The number of fused-ring (bicyclic) bond motifs is 2. The summed E-state index contributed by atoms with van der Waals surface area (Å²) in [6.07, 6.45) is 0.878. The summed E-state index contributed by atoms with van der Waals surface area (Å²) >= 11 is 0. The first-order valence-electron chi connectivity index (χ1n) is 11.0. The first kappa shape index (κ1) is 20.3. The summed E-state index contributed by atoms with van der Waals surface area (Å²) in [5, 5.41) is 5.14. The molecule has 1 aliphatic heterocycles. The predicted octanol–water partition coefficient (Wildman–Crippen LogP) is 4.91. The molecule has 0 aliphatic carbocycles. The second-order valence-corrected chi connectivity index (χ2v) is 8.29. The van der Waals surface area contributed by atoms with Crippen LogP contribution in [0.15, 0.2) is 72.8 Å². The Morgan fingerprint density at radius 2 is 1.62 bits per heavy atom. The Bertz CT molecular complexity index is 1530. The fraction of sp³-hybridized carbons (Fsp3) is 0.115. The molecule has 1 aliphatic rings. The van der Waals surface area contributed by atoms with Crippen LogP contribution in [0, 0.1) is 11.6 Å². The lowest BCUT2D eigenvalue weighted by Crippen LogP contribution is -2.31. The quantitative estimate of drug-likeness (QED) is 0.420. The molecule has 168 valence electrons. The Morgan fingerprint density at radius 3 is 2.41 bits per heavy atom. The van der Waals surface area contributed by atoms with Gasteiger partial charge in [0.05, 0.1) is 16.8 Å². The molecular weight excluding hydrogens is 434 g/mol. The fourth-order valence-electron chi connectivity index (χ4n) is 4.43. The molecule has 0 saturated heterocycles. The second kappa shape index (κ2) is 7.91. The van der Waals surface area contributed by atoms with Crippen LogP contribution in [0.25, 0.3) is 28.0 Å². The lowest BCUT2D eigenvalue weighted by Gasteiger charge is -2.29. The number of rotatable bonds is 3. The number of hydrogen-bond donors (Lipinski definition) is 1. The van der Waals surface area contributed by atoms with E-state index in [1.54, 1.807) is 24.3 Å². The van der Waals surface area contributed by atoms with Crippen LogP contribution in [0.5, 0.6) is 0 Å². The Morgan fingerprint density at radius 1 is 0.824 bits per heavy atom. The van der Waals surface area contributed by atoms with Crippen LogP contribution in [-0.4, -0.2) is 26.3 Å². The summed E-state index contributed by atoms with van der Waals surface area (Å²) < 4.78 is 29.0. The van der Waals surface area contributed by atoms with Gasteiger partial charge in [-0.25, -0.2) is 18.4 Å². The van der Waals surface area contributed by atoms with Crippen molar-refractivity contribution in [1.82, 2.24) is 19.7 Å². The molecule has 3 aromatic carbocycles. The summed E-state index contributed by atoms with van der Waals surface area (Å²) in [7, 11) is 0. The molecule has 0 unspecified atom stereocenters. The minimum absolute atomic E-state index is 0.287. The van der Waals surface area contributed by atoms with Gasteiger partial charge in [-0.1, -0.05) is 30.3 Å². The molecule has 5 aromatic rings. The Balaban J connectivity index is 1.54. The molecule has 2 N–H and O–H groups in total. The SMILES string of the molecule is Nc1c2c(-c3ccc(F)cc3)nc(N3CCc4ccccc4C3)nc2nn1-c1cccc(F)c1. The zero-order valence-electron chi connectivity index (χ0n) is 18.1. The van der Waals surface area contributed by atoms with E-state index in [1.807, 2.05) is 12.1 Å². The van der Waals surface area contributed by atoms with Crippen molar-refractivity contribution in [3.8, 4) is 16.9 Å². The average Bonchev–Trinajstić information content (AvgIpc) is 3.20. The van der Waals surface area contributed by atoms with Crippen LogP contribution in [0.2, 0.25) is 0 Å². The molecule has 8 heteroatoms. The van der Waals surface area contributed by atoms with Crippen LogP contribution in [-0.2, 0) is 13.0 Å². The zero-order valence-corrected chi connectivity index (χ0v) is 18.1. The van der Waals surface area contributed by atoms with Crippen LogP contribution in [0.1, 0.15) is 11.1 Å². The maximum atomic E-state index is 13.9. The summed E-state index contributed by atoms with van der Waals surface area (Å²) in [4.78, 5) is 11.7. The van der Waals surface area contributed by atoms with Gasteiger partial charge >= 0.3 is 0 Å². The van der Waals surface area contributed by atoms with Crippen LogP contribution >= 0.6 is 0 Å². The van der Waals surface area contributed by atoms with Gasteiger partial charge in [-0.15, -0.1) is 5.10 Å². The van der Waals surface area contributed by atoms with E-state index in [0.29, 0.717) is 40.5 Å². The molecule has 0 saturated carbocycles. The van der Waals surface area contributed by atoms with Crippen molar-refractivity contribution in [2.45, 2.75) is 13.0 Å². The number of benzene rings is 3. The maximum absolute atomic E-state index is 13.9. The van der Waals surface area contributed by atoms with E-state index in [0.717, 1.165) is 13.0 Å². The second-order valence-electron chi connectivity index (χ2n) is 8.29. The maximum Gasteiger partial charge on any atom is 0.228 e. The minimum Gasteiger partial charge on any atom is -0.383 e. The van der Waals surface area contributed by atoms with Crippen molar-refractivity contribution < 1.29 is 8.78 Å². The zero-order chi connectivity index (χ0) is 23.2. The fourth-order valence-corrected chi connectivity index (χ4v) is 4.43.